The van der Waals surface area contributed by atoms with E-state index in [1.807, 2.05) is 11.3 Å². The molecule has 2 nitrogen and oxygen atoms in total. The van der Waals surface area contributed by atoms with E-state index >= 15 is 0 Å². The maximum Gasteiger partial charge on any atom is 0.0541 e. The van der Waals surface area contributed by atoms with Crippen molar-refractivity contribution >= 4 is 70.4 Å². The van der Waals surface area contributed by atoms with Gasteiger partial charge in [-0.25, -0.2) is 0 Å². The highest BCUT2D eigenvalue weighted by molar-refractivity contribution is 7.25. The molecule has 2 aromatic heterocycles. The van der Waals surface area contributed by atoms with Crippen molar-refractivity contribution in [2.24, 2.45) is 0 Å². The Hall–Kier alpha value is -6.42. The summed E-state index contributed by atoms with van der Waals surface area (Å²) in [6.07, 6.45) is 0. The maximum absolute atomic E-state index is 2.42. The molecule has 0 aliphatic rings. The van der Waals surface area contributed by atoms with Crippen molar-refractivity contribution in [3.63, 3.8) is 0 Å². The molecule has 0 bridgehead atoms. The van der Waals surface area contributed by atoms with Crippen LogP contribution in [-0.4, -0.2) is 4.57 Å². The molecule has 2 heterocycles. The van der Waals surface area contributed by atoms with Gasteiger partial charge in [0, 0.05) is 53.7 Å². The molecule has 0 unspecified atom stereocenters. The normalized spacial score (nSPS) is 11.5. The number of para-hydroxylation sites is 2. The van der Waals surface area contributed by atoms with Crippen LogP contribution in [0.15, 0.2) is 194 Å². The van der Waals surface area contributed by atoms with Crippen molar-refractivity contribution in [2.75, 3.05) is 4.90 Å². The summed E-state index contributed by atoms with van der Waals surface area (Å²) in [6.45, 7) is 0. The largest absolute Gasteiger partial charge is 0.310 e. The molecule has 0 saturated carbocycles. The van der Waals surface area contributed by atoms with Crippen molar-refractivity contribution in [3.05, 3.63) is 194 Å². The molecule has 0 radical (unpaired) electrons. The van der Waals surface area contributed by atoms with Gasteiger partial charge >= 0.3 is 0 Å². The van der Waals surface area contributed by atoms with Crippen molar-refractivity contribution in [1.29, 1.82) is 0 Å². The molecule has 10 rings (SSSR count). The number of nitrogens with zero attached hydrogens (tertiary/aromatic N) is 2. The molecule has 3 heteroatoms. The van der Waals surface area contributed by atoms with Crippen LogP contribution in [0.25, 0.3) is 69.9 Å². The van der Waals surface area contributed by atoms with Gasteiger partial charge in [-0.2, -0.15) is 0 Å². The molecule has 240 valence electrons. The number of benzene rings is 8. The Kier molecular flexibility index (Phi) is 7.04. The van der Waals surface area contributed by atoms with E-state index in [2.05, 4.69) is 204 Å². The van der Waals surface area contributed by atoms with Gasteiger partial charge in [0.15, 0.2) is 0 Å². The van der Waals surface area contributed by atoms with E-state index in [9.17, 15) is 0 Å². The molecule has 0 aliphatic carbocycles. The Balaban J connectivity index is 1.08. The van der Waals surface area contributed by atoms with E-state index in [0.717, 1.165) is 17.1 Å². The van der Waals surface area contributed by atoms with Crippen molar-refractivity contribution in [3.8, 4) is 27.9 Å². The molecule has 0 N–H and O–H groups in total. The fraction of sp³-hybridized carbons (Fsp3) is 0. The highest BCUT2D eigenvalue weighted by Crippen LogP contribution is 2.41. The van der Waals surface area contributed by atoms with Crippen LogP contribution < -0.4 is 4.90 Å². The minimum atomic E-state index is 1.12. The summed E-state index contributed by atoms with van der Waals surface area (Å²) < 4.78 is 5.06. The SMILES string of the molecule is c1ccc(-c2ccc(N(c3ccccc3)c3cccc(-c4ccc5c(c4)c4ccccc4n5-c4ccc5c(c4)sc4ccccc45)c3)cc2)cc1. The number of hydrogen-bond donors (Lipinski definition) is 0. The van der Waals surface area contributed by atoms with Crippen LogP contribution in [0.5, 0.6) is 0 Å². The molecule has 51 heavy (non-hydrogen) atoms. The van der Waals surface area contributed by atoms with Crippen molar-refractivity contribution in [2.45, 2.75) is 0 Å². The van der Waals surface area contributed by atoms with Crippen LogP contribution in [-0.2, 0) is 0 Å². The zero-order valence-corrected chi connectivity index (χ0v) is 28.6. The fourth-order valence-electron chi connectivity index (χ4n) is 7.57. The minimum Gasteiger partial charge on any atom is -0.310 e. The van der Waals surface area contributed by atoms with Gasteiger partial charge in [0.2, 0.25) is 0 Å². The molecule has 8 aromatic carbocycles. The van der Waals surface area contributed by atoms with Gasteiger partial charge in [-0.3, -0.25) is 0 Å². The molecular formula is C48H32N2S. The lowest BCUT2D eigenvalue weighted by Crippen LogP contribution is -2.09. The number of thiophene rings is 1. The minimum absolute atomic E-state index is 1.12. The van der Waals surface area contributed by atoms with Gasteiger partial charge < -0.3 is 9.47 Å². The molecule has 10 aromatic rings. The van der Waals surface area contributed by atoms with Gasteiger partial charge in [0.25, 0.3) is 0 Å². The third-order valence-corrected chi connectivity index (χ3v) is 11.1. The van der Waals surface area contributed by atoms with Crippen LogP contribution in [0, 0.1) is 0 Å². The number of hydrogen-bond acceptors (Lipinski definition) is 2. The van der Waals surface area contributed by atoms with Crippen molar-refractivity contribution < 1.29 is 0 Å². The zero-order valence-electron chi connectivity index (χ0n) is 27.8. The summed E-state index contributed by atoms with van der Waals surface area (Å²) in [5.41, 5.74) is 11.8. The average molecular weight is 669 g/mol. The highest BCUT2D eigenvalue weighted by atomic mass is 32.1. The Morgan fingerprint density at radius 1 is 0.333 bits per heavy atom. The van der Waals surface area contributed by atoms with Crippen LogP contribution in [0.1, 0.15) is 0 Å². The van der Waals surface area contributed by atoms with Gasteiger partial charge in [0.1, 0.15) is 0 Å². The highest BCUT2D eigenvalue weighted by Gasteiger charge is 2.17. The molecule has 0 saturated heterocycles. The van der Waals surface area contributed by atoms with Crippen LogP contribution >= 0.6 is 11.3 Å². The van der Waals surface area contributed by atoms with Crippen LogP contribution in [0.4, 0.5) is 17.1 Å². The molecular weight excluding hydrogens is 637 g/mol. The number of fused-ring (bicyclic) bond motifs is 6. The first-order chi connectivity index (χ1) is 25.3. The van der Waals surface area contributed by atoms with E-state index < -0.39 is 0 Å². The topological polar surface area (TPSA) is 8.17 Å². The standard InChI is InChI=1S/C48H32N2S/c1-3-12-33(13-4-1)34-22-25-38(26-23-34)49(37-15-5-2-6-16-37)39-17-11-14-35(30-39)36-24-29-46-44(31-36)41-18-7-9-20-45(41)50(46)40-27-28-43-42-19-8-10-21-47(42)51-48(43)32-40/h1-32H. The Morgan fingerprint density at radius 2 is 0.922 bits per heavy atom. The maximum atomic E-state index is 2.42. The zero-order chi connectivity index (χ0) is 33.7. The van der Waals surface area contributed by atoms with E-state index in [4.69, 9.17) is 0 Å². The van der Waals surface area contributed by atoms with Gasteiger partial charge in [-0.1, -0.05) is 121 Å². The lowest BCUT2D eigenvalue weighted by molar-refractivity contribution is 1.19. The first-order valence-corrected chi connectivity index (χ1v) is 18.2. The van der Waals surface area contributed by atoms with Crippen LogP contribution in [0.3, 0.4) is 0 Å². The average Bonchev–Trinajstić information content (AvgIpc) is 3.74. The number of rotatable bonds is 6. The van der Waals surface area contributed by atoms with Gasteiger partial charge in [-0.15, -0.1) is 11.3 Å². The Bertz CT molecular complexity index is 2850. The van der Waals surface area contributed by atoms with Crippen molar-refractivity contribution in [1.82, 2.24) is 4.57 Å². The smallest absolute Gasteiger partial charge is 0.0541 e. The third-order valence-electron chi connectivity index (χ3n) is 9.98. The lowest BCUT2D eigenvalue weighted by atomic mass is 10.0. The molecule has 0 spiro atoms. The van der Waals surface area contributed by atoms with Gasteiger partial charge in [0.05, 0.1) is 11.0 Å². The number of anilines is 3. The second kappa shape index (κ2) is 12.2. The molecule has 0 aliphatic heterocycles. The van der Waals surface area contributed by atoms with E-state index in [1.165, 1.54) is 69.9 Å². The first-order valence-electron chi connectivity index (χ1n) is 17.3. The Morgan fingerprint density at radius 3 is 1.76 bits per heavy atom. The predicted molar refractivity (Wildman–Crippen MR) is 219 cm³/mol. The van der Waals surface area contributed by atoms with E-state index in [1.54, 1.807) is 0 Å². The van der Waals surface area contributed by atoms with E-state index in [-0.39, 0.29) is 0 Å². The molecule has 0 fully saturated rings. The summed E-state index contributed by atoms with van der Waals surface area (Å²) in [4.78, 5) is 2.34. The number of aromatic nitrogens is 1. The summed E-state index contributed by atoms with van der Waals surface area (Å²) in [7, 11) is 0. The fourth-order valence-corrected chi connectivity index (χ4v) is 8.71. The first kappa shape index (κ1) is 29.5. The summed E-state index contributed by atoms with van der Waals surface area (Å²) in [5, 5.41) is 5.15. The van der Waals surface area contributed by atoms with Crippen LogP contribution in [0.2, 0.25) is 0 Å². The molecule has 0 amide bonds. The van der Waals surface area contributed by atoms with E-state index in [0.29, 0.717) is 0 Å². The molecule has 0 atom stereocenters. The second-order valence-corrected chi connectivity index (χ2v) is 14.1. The Labute approximate surface area is 300 Å². The third kappa shape index (κ3) is 5.10. The summed E-state index contributed by atoms with van der Waals surface area (Å²) >= 11 is 1.87. The summed E-state index contributed by atoms with van der Waals surface area (Å²) in [5.74, 6) is 0. The lowest BCUT2D eigenvalue weighted by Gasteiger charge is -2.26. The van der Waals surface area contributed by atoms with Gasteiger partial charge in [-0.05, 0) is 95.1 Å². The second-order valence-electron chi connectivity index (χ2n) is 13.0. The summed E-state index contributed by atoms with van der Waals surface area (Å²) in [6, 6.07) is 70.3. The monoisotopic (exact) mass is 668 g/mol. The quantitative estimate of drug-likeness (QED) is 0.171. The predicted octanol–water partition coefficient (Wildman–Crippen LogP) is 14.0.